The summed E-state index contributed by atoms with van der Waals surface area (Å²) in [6.07, 6.45) is -5.06. The molecular weight excluding hydrogens is 546 g/mol. The maximum absolute atomic E-state index is 15.2. The third-order valence-electron chi connectivity index (χ3n) is 5.81. The Morgan fingerprint density at radius 1 is 1.08 bits per heavy atom. The van der Waals surface area contributed by atoms with Gasteiger partial charge in [0.25, 0.3) is 0 Å². The topological polar surface area (TPSA) is 179 Å². The molecule has 1 unspecified atom stereocenters. The lowest BCUT2D eigenvalue weighted by atomic mass is 9.94. The number of alkyl halides is 1. The summed E-state index contributed by atoms with van der Waals surface area (Å²) in [5.74, 6) is -1.99. The number of carbonyl (C=O) groups excluding carboxylic acids is 3. The second-order valence-corrected chi connectivity index (χ2v) is 12.7. The van der Waals surface area contributed by atoms with Crippen LogP contribution in [0.25, 0.3) is 0 Å². The Morgan fingerprint density at radius 2 is 1.59 bits per heavy atom. The first-order chi connectivity index (χ1) is 17.8. The Labute approximate surface area is 226 Å². The molecule has 0 aliphatic carbocycles. The molecule has 0 spiro atoms. The molecule has 1 saturated heterocycles. The van der Waals surface area contributed by atoms with Crippen LogP contribution in [0.4, 0.5) is 4.39 Å². The van der Waals surface area contributed by atoms with Crippen LogP contribution in [0.15, 0.2) is 12.3 Å². The summed E-state index contributed by atoms with van der Waals surface area (Å²) in [5, 5.41) is 23.0. The molecule has 2 heterocycles. The predicted octanol–water partition coefficient (Wildman–Crippen LogP) is 1.66. The molecule has 2 aliphatic rings. The largest absolute Gasteiger partial charge is 0.480 e. The maximum Gasteiger partial charge on any atom is 0.480 e. The average molecular weight is 585 g/mol. The van der Waals surface area contributed by atoms with E-state index in [1.54, 1.807) is 41.5 Å². The summed E-state index contributed by atoms with van der Waals surface area (Å²) >= 11 is 0. The zero-order chi connectivity index (χ0) is 29.8. The van der Waals surface area contributed by atoms with Gasteiger partial charge in [-0.3, -0.25) is 18.9 Å². The third-order valence-corrected chi connectivity index (χ3v) is 7.09. The quantitative estimate of drug-likeness (QED) is 0.182. The highest BCUT2D eigenvalue weighted by molar-refractivity contribution is 7.48. The van der Waals surface area contributed by atoms with Crippen LogP contribution in [0.3, 0.4) is 0 Å². The number of nitrogens with one attached hydrogen (secondary N) is 1. The number of halogens is 1. The molecule has 0 saturated carbocycles. The van der Waals surface area contributed by atoms with Gasteiger partial charge in [0.2, 0.25) is 25.8 Å². The van der Waals surface area contributed by atoms with Gasteiger partial charge in [-0.1, -0.05) is 6.92 Å². The fourth-order valence-corrected chi connectivity index (χ4v) is 4.26. The van der Waals surface area contributed by atoms with Gasteiger partial charge in [0, 0.05) is 12.3 Å². The lowest BCUT2D eigenvalue weighted by molar-refractivity contribution is -0.177. The van der Waals surface area contributed by atoms with Crippen LogP contribution in [0.5, 0.6) is 0 Å². The Morgan fingerprint density at radius 3 is 2.03 bits per heavy atom. The van der Waals surface area contributed by atoms with E-state index in [4.69, 9.17) is 27.8 Å². The number of amides is 1. The van der Waals surface area contributed by atoms with Crippen molar-refractivity contribution < 1.29 is 61.3 Å². The van der Waals surface area contributed by atoms with Crippen molar-refractivity contribution >= 4 is 25.7 Å². The first-order valence-corrected chi connectivity index (χ1v) is 13.6. The molecule has 0 aromatic rings. The first-order valence-electron chi connectivity index (χ1n) is 12.2. The smallest absolute Gasteiger partial charge is 0.437 e. The van der Waals surface area contributed by atoms with E-state index in [1.165, 1.54) is 6.92 Å². The Hall–Kier alpha value is -2.13. The van der Waals surface area contributed by atoms with Crippen molar-refractivity contribution in [2.45, 2.75) is 85.3 Å². The average Bonchev–Trinajstić information content (AvgIpc) is 3.07. The molecule has 2 rings (SSSR count). The molecule has 0 aromatic heterocycles. The monoisotopic (exact) mass is 584 g/mol. The van der Waals surface area contributed by atoms with E-state index in [9.17, 15) is 29.2 Å². The molecule has 16 heteroatoms. The number of hydrogen-bond acceptors (Lipinski definition) is 13. The molecule has 5 atom stereocenters. The van der Waals surface area contributed by atoms with Gasteiger partial charge in [0.15, 0.2) is 12.4 Å². The maximum atomic E-state index is 15.2. The van der Waals surface area contributed by atoms with E-state index in [0.29, 0.717) is 0 Å². The Balaban J connectivity index is 2.17. The van der Waals surface area contributed by atoms with E-state index >= 15 is 4.39 Å². The zero-order valence-corrected chi connectivity index (χ0v) is 23.9. The van der Waals surface area contributed by atoms with Gasteiger partial charge in [-0.15, -0.1) is 0 Å². The summed E-state index contributed by atoms with van der Waals surface area (Å²) in [6.45, 7) is 8.58. The molecule has 0 aromatic carbocycles. The van der Waals surface area contributed by atoms with Gasteiger partial charge < -0.3 is 34.6 Å². The lowest BCUT2D eigenvalue weighted by Gasteiger charge is -2.36. The number of hydrogen-bond donors (Lipinski definition) is 3. The van der Waals surface area contributed by atoms with E-state index < -0.39 is 87.1 Å². The molecule has 224 valence electrons. The minimum Gasteiger partial charge on any atom is -0.437 e. The van der Waals surface area contributed by atoms with Gasteiger partial charge in [0.05, 0.1) is 17.4 Å². The van der Waals surface area contributed by atoms with E-state index in [2.05, 4.69) is 5.32 Å². The van der Waals surface area contributed by atoms with E-state index in [1.807, 2.05) is 0 Å². The van der Waals surface area contributed by atoms with Crippen LogP contribution in [0.2, 0.25) is 0 Å². The van der Waals surface area contributed by atoms with Crippen LogP contribution in [0.1, 0.15) is 54.9 Å². The van der Waals surface area contributed by atoms with Crippen molar-refractivity contribution in [3.63, 3.8) is 0 Å². The SMILES string of the molecule is CC[C@]1(COP(=O)(OCOC(=O)C(C)(C)C)OCOC(=O)C(C)(C)C)O[C@@H](N2C=CC(=O)NC2O)[C@H](F)[C@@H]1O. The van der Waals surface area contributed by atoms with Crippen molar-refractivity contribution in [3.05, 3.63) is 12.3 Å². The molecule has 3 N–H and O–H groups in total. The number of nitrogens with zero attached hydrogens (tertiary/aromatic N) is 1. The van der Waals surface area contributed by atoms with Gasteiger partial charge in [-0.05, 0) is 48.0 Å². The number of carbonyl (C=O) groups is 3. The summed E-state index contributed by atoms with van der Waals surface area (Å²) in [4.78, 5) is 36.5. The zero-order valence-electron chi connectivity index (χ0n) is 23.0. The van der Waals surface area contributed by atoms with E-state index in [-0.39, 0.29) is 6.42 Å². The van der Waals surface area contributed by atoms with Crippen molar-refractivity contribution in [2.75, 3.05) is 20.2 Å². The highest BCUT2D eigenvalue weighted by atomic mass is 31.2. The summed E-state index contributed by atoms with van der Waals surface area (Å²) in [7, 11) is -4.67. The Bertz CT molecular complexity index is 945. The molecule has 1 fully saturated rings. The molecule has 39 heavy (non-hydrogen) atoms. The van der Waals surface area contributed by atoms with Crippen LogP contribution in [-0.2, 0) is 46.7 Å². The van der Waals surface area contributed by atoms with E-state index in [0.717, 1.165) is 17.2 Å². The lowest BCUT2D eigenvalue weighted by Crippen LogP contribution is -2.54. The number of rotatable bonds is 11. The second-order valence-electron chi connectivity index (χ2n) is 11.0. The fourth-order valence-electron chi connectivity index (χ4n) is 3.29. The van der Waals surface area contributed by atoms with Gasteiger partial charge >= 0.3 is 19.8 Å². The Kier molecular flexibility index (Phi) is 10.7. The van der Waals surface area contributed by atoms with Gasteiger partial charge in [0.1, 0.15) is 11.7 Å². The van der Waals surface area contributed by atoms with Crippen LogP contribution < -0.4 is 5.32 Å². The summed E-state index contributed by atoms with van der Waals surface area (Å²) < 4.78 is 59.7. The summed E-state index contributed by atoms with van der Waals surface area (Å²) in [5.41, 5.74) is -3.61. The number of phosphoric acid groups is 1. The molecular formula is C23H38FN2O12P. The van der Waals surface area contributed by atoms with Crippen LogP contribution in [-0.4, -0.2) is 83.6 Å². The van der Waals surface area contributed by atoms with Crippen LogP contribution in [0, 0.1) is 10.8 Å². The van der Waals surface area contributed by atoms with Gasteiger partial charge in [-0.2, -0.15) is 0 Å². The predicted molar refractivity (Wildman–Crippen MR) is 130 cm³/mol. The minimum absolute atomic E-state index is 0.0664. The molecule has 0 bridgehead atoms. The minimum atomic E-state index is -4.67. The molecule has 14 nitrogen and oxygen atoms in total. The first kappa shape index (κ1) is 33.1. The van der Waals surface area contributed by atoms with Crippen molar-refractivity contribution in [2.24, 2.45) is 10.8 Å². The fraction of sp³-hybridized carbons (Fsp3) is 0.783. The molecule has 1 amide bonds. The van der Waals surface area contributed by atoms with Crippen molar-refractivity contribution in [1.29, 1.82) is 0 Å². The van der Waals surface area contributed by atoms with Crippen LogP contribution >= 0.6 is 7.82 Å². The third kappa shape index (κ3) is 8.43. The summed E-state index contributed by atoms with van der Waals surface area (Å²) in [6, 6.07) is 0. The van der Waals surface area contributed by atoms with Crippen molar-refractivity contribution in [3.8, 4) is 0 Å². The number of aliphatic hydroxyl groups excluding tert-OH is 2. The van der Waals surface area contributed by atoms with Gasteiger partial charge in [-0.25, -0.2) is 18.0 Å². The number of phosphoric ester groups is 1. The standard InChI is InChI=1S/C23H38FN2O12P/c1-8-23(16(28)15(24)17(38-23)26-10-9-14(27)25-20(26)31)11-35-39(32,36-12-33-18(29)21(2,3)4)37-13-34-19(30)22(5,6)7/h9-10,15-17,20,28,31H,8,11-13H2,1-7H3,(H,25,27)/t15-,16+,17-,20?,23-/m1/s1. The van der Waals surface area contributed by atoms with Crippen molar-refractivity contribution in [1.82, 2.24) is 10.2 Å². The highest BCUT2D eigenvalue weighted by Gasteiger charge is 2.57. The number of ether oxygens (including phenoxy) is 3. The molecule has 0 radical (unpaired) electrons. The molecule has 2 aliphatic heterocycles. The number of aliphatic hydroxyl groups is 2. The second kappa shape index (κ2) is 12.6. The normalized spacial score (nSPS) is 27.8. The highest BCUT2D eigenvalue weighted by Crippen LogP contribution is 2.52. The number of esters is 2.